The molecule has 0 radical (unpaired) electrons. The summed E-state index contributed by atoms with van der Waals surface area (Å²) in [6, 6.07) is 3.36. The van der Waals surface area contributed by atoms with E-state index in [2.05, 4.69) is 0 Å². The average Bonchev–Trinajstić information content (AvgIpc) is 2.36. The molecule has 0 heterocycles. The summed E-state index contributed by atoms with van der Waals surface area (Å²) in [6.45, 7) is 3.73. The van der Waals surface area contributed by atoms with Gasteiger partial charge in [0, 0.05) is 0 Å². The Labute approximate surface area is 113 Å². The van der Waals surface area contributed by atoms with Crippen molar-refractivity contribution in [1.82, 2.24) is 0 Å². The summed E-state index contributed by atoms with van der Waals surface area (Å²) in [4.78, 5) is 11.4. The van der Waals surface area contributed by atoms with E-state index in [4.69, 9.17) is 14.2 Å². The fourth-order valence-corrected chi connectivity index (χ4v) is 2.09. The van der Waals surface area contributed by atoms with Crippen molar-refractivity contribution in [3.8, 4) is 17.2 Å². The highest BCUT2D eigenvalue weighted by atomic mass is 16.5. The highest BCUT2D eigenvalue weighted by Gasteiger charge is 2.26. The molecule has 1 aromatic rings. The van der Waals surface area contributed by atoms with Crippen molar-refractivity contribution >= 4 is 5.97 Å². The fraction of sp³-hybridized carbons (Fsp3) is 0.500. The molecule has 1 aromatic carbocycles. The second-order valence-corrected chi connectivity index (χ2v) is 4.52. The van der Waals surface area contributed by atoms with Crippen molar-refractivity contribution in [2.24, 2.45) is 5.92 Å². The summed E-state index contributed by atoms with van der Waals surface area (Å²) in [5, 5.41) is 9.34. The number of aliphatic carboxylic acids is 1. The molecule has 1 rings (SSSR count). The Bertz CT molecular complexity index is 428. The lowest BCUT2D eigenvalue weighted by Gasteiger charge is -2.20. The van der Waals surface area contributed by atoms with Gasteiger partial charge in [-0.25, -0.2) is 0 Å². The molecule has 0 spiro atoms. The van der Waals surface area contributed by atoms with Crippen LogP contribution in [-0.2, 0) is 4.79 Å². The number of carboxylic acids is 1. The van der Waals surface area contributed by atoms with Crippen molar-refractivity contribution in [2.45, 2.75) is 19.8 Å². The second-order valence-electron chi connectivity index (χ2n) is 4.52. The van der Waals surface area contributed by atoms with Gasteiger partial charge in [-0.3, -0.25) is 4.79 Å². The zero-order valence-electron chi connectivity index (χ0n) is 11.9. The smallest absolute Gasteiger partial charge is 0.311 e. The van der Waals surface area contributed by atoms with Gasteiger partial charge in [-0.1, -0.05) is 13.8 Å². The molecule has 0 amide bonds. The van der Waals surface area contributed by atoms with Gasteiger partial charge in [0.2, 0.25) is 5.75 Å². The summed E-state index contributed by atoms with van der Waals surface area (Å²) >= 11 is 0. The van der Waals surface area contributed by atoms with Gasteiger partial charge in [0.25, 0.3) is 0 Å². The van der Waals surface area contributed by atoms with Gasteiger partial charge < -0.3 is 19.3 Å². The molecule has 106 valence electrons. The molecule has 0 fully saturated rings. The Morgan fingerprint density at radius 2 is 1.53 bits per heavy atom. The van der Waals surface area contributed by atoms with Crippen LogP contribution in [0.4, 0.5) is 0 Å². The Morgan fingerprint density at radius 3 is 1.79 bits per heavy atom. The third-order valence-electron chi connectivity index (χ3n) is 2.98. The predicted octanol–water partition coefficient (Wildman–Crippen LogP) is 2.54. The predicted molar refractivity (Wildman–Crippen MR) is 71.3 cm³/mol. The van der Waals surface area contributed by atoms with Crippen molar-refractivity contribution in [1.29, 1.82) is 0 Å². The number of carboxylic acid groups (broad SMARTS) is 1. The molecule has 19 heavy (non-hydrogen) atoms. The summed E-state index contributed by atoms with van der Waals surface area (Å²) in [6.07, 6.45) is 0. The van der Waals surface area contributed by atoms with Crippen LogP contribution in [0, 0.1) is 5.92 Å². The van der Waals surface area contributed by atoms with Crippen LogP contribution in [0.15, 0.2) is 12.1 Å². The van der Waals surface area contributed by atoms with E-state index in [0.717, 1.165) is 0 Å². The number of hydrogen-bond donors (Lipinski definition) is 1. The SMILES string of the molecule is COc1cc([C@@H](C(=O)O)C(C)C)cc(OC)c1OC. The first-order valence-electron chi connectivity index (χ1n) is 5.98. The molecule has 0 unspecified atom stereocenters. The first kappa shape index (κ1) is 15.1. The van der Waals surface area contributed by atoms with E-state index in [0.29, 0.717) is 22.8 Å². The lowest BCUT2D eigenvalue weighted by Crippen LogP contribution is -2.17. The highest BCUT2D eigenvalue weighted by Crippen LogP contribution is 2.41. The molecule has 5 nitrogen and oxygen atoms in total. The Kier molecular flexibility index (Phi) is 5.03. The molecular weight excluding hydrogens is 248 g/mol. The molecular formula is C14H20O5. The minimum Gasteiger partial charge on any atom is -0.493 e. The standard InChI is InChI=1S/C14H20O5/c1-8(2)12(14(15)16)9-6-10(17-3)13(19-5)11(7-9)18-4/h6-8,12H,1-5H3,(H,15,16)/t12-/m0/s1. The Morgan fingerprint density at radius 1 is 1.05 bits per heavy atom. The maximum atomic E-state index is 11.4. The first-order chi connectivity index (χ1) is 8.96. The van der Waals surface area contributed by atoms with E-state index in [-0.39, 0.29) is 5.92 Å². The maximum absolute atomic E-state index is 11.4. The Hall–Kier alpha value is -1.91. The van der Waals surface area contributed by atoms with E-state index in [1.165, 1.54) is 21.3 Å². The van der Waals surface area contributed by atoms with Crippen molar-refractivity contribution in [3.05, 3.63) is 17.7 Å². The summed E-state index contributed by atoms with van der Waals surface area (Å²) < 4.78 is 15.7. The topological polar surface area (TPSA) is 65.0 Å². The lowest BCUT2D eigenvalue weighted by atomic mass is 9.88. The third kappa shape index (κ3) is 3.10. The molecule has 5 heteroatoms. The molecule has 0 saturated carbocycles. The van der Waals surface area contributed by atoms with Gasteiger partial charge in [-0.15, -0.1) is 0 Å². The third-order valence-corrected chi connectivity index (χ3v) is 2.98. The zero-order chi connectivity index (χ0) is 14.6. The monoisotopic (exact) mass is 268 g/mol. The van der Waals surface area contributed by atoms with Crippen LogP contribution >= 0.6 is 0 Å². The number of benzene rings is 1. The first-order valence-corrected chi connectivity index (χ1v) is 5.98. The van der Waals surface area contributed by atoms with Crippen LogP contribution in [-0.4, -0.2) is 32.4 Å². The van der Waals surface area contributed by atoms with Gasteiger partial charge in [0.05, 0.1) is 27.2 Å². The van der Waals surface area contributed by atoms with Gasteiger partial charge in [-0.05, 0) is 23.6 Å². The summed E-state index contributed by atoms with van der Waals surface area (Å²) in [5.41, 5.74) is 0.636. The number of hydrogen-bond acceptors (Lipinski definition) is 4. The normalized spacial score (nSPS) is 12.1. The minimum atomic E-state index is -0.871. The average molecular weight is 268 g/mol. The van der Waals surface area contributed by atoms with Crippen LogP contribution in [0.5, 0.6) is 17.2 Å². The van der Waals surface area contributed by atoms with E-state index in [1.54, 1.807) is 12.1 Å². The largest absolute Gasteiger partial charge is 0.493 e. The lowest BCUT2D eigenvalue weighted by molar-refractivity contribution is -0.139. The number of rotatable bonds is 6. The molecule has 0 aliphatic carbocycles. The van der Waals surface area contributed by atoms with Crippen molar-refractivity contribution in [3.63, 3.8) is 0 Å². The molecule has 1 atom stereocenters. The molecule has 0 saturated heterocycles. The van der Waals surface area contributed by atoms with Crippen LogP contribution in [0.3, 0.4) is 0 Å². The van der Waals surface area contributed by atoms with Crippen molar-refractivity contribution < 1.29 is 24.1 Å². The second kappa shape index (κ2) is 6.31. The Balaban J connectivity index is 3.40. The zero-order valence-corrected chi connectivity index (χ0v) is 11.9. The van der Waals surface area contributed by atoms with E-state index in [9.17, 15) is 9.90 Å². The van der Waals surface area contributed by atoms with Crippen LogP contribution in [0.1, 0.15) is 25.3 Å². The van der Waals surface area contributed by atoms with Gasteiger partial charge in [0.15, 0.2) is 11.5 Å². The van der Waals surface area contributed by atoms with Crippen LogP contribution in [0.25, 0.3) is 0 Å². The number of methoxy groups -OCH3 is 3. The van der Waals surface area contributed by atoms with E-state index < -0.39 is 11.9 Å². The number of carbonyl (C=O) groups is 1. The quantitative estimate of drug-likeness (QED) is 0.858. The van der Waals surface area contributed by atoms with Gasteiger partial charge in [-0.2, -0.15) is 0 Å². The maximum Gasteiger partial charge on any atom is 0.311 e. The highest BCUT2D eigenvalue weighted by molar-refractivity contribution is 5.77. The summed E-state index contributed by atoms with van der Waals surface area (Å²) in [5.74, 6) is -0.146. The van der Waals surface area contributed by atoms with E-state index in [1.807, 2.05) is 13.8 Å². The molecule has 0 aliphatic heterocycles. The molecule has 1 N–H and O–H groups in total. The summed E-state index contributed by atoms with van der Waals surface area (Å²) in [7, 11) is 4.52. The van der Waals surface area contributed by atoms with Gasteiger partial charge >= 0.3 is 5.97 Å². The van der Waals surface area contributed by atoms with E-state index >= 15 is 0 Å². The minimum absolute atomic E-state index is 0.0414. The molecule has 0 aliphatic rings. The van der Waals surface area contributed by atoms with Gasteiger partial charge in [0.1, 0.15) is 0 Å². The molecule has 0 aromatic heterocycles. The fourth-order valence-electron chi connectivity index (χ4n) is 2.09. The van der Waals surface area contributed by atoms with Crippen LogP contribution in [0.2, 0.25) is 0 Å². The molecule has 0 bridgehead atoms. The van der Waals surface area contributed by atoms with Crippen LogP contribution < -0.4 is 14.2 Å². The number of ether oxygens (including phenoxy) is 3. The van der Waals surface area contributed by atoms with Crippen molar-refractivity contribution in [2.75, 3.05) is 21.3 Å².